The van der Waals surface area contributed by atoms with Crippen molar-refractivity contribution in [2.75, 3.05) is 7.11 Å². The average molecular weight is 278 g/mol. The molecule has 1 N–H and O–H groups in total. The van der Waals surface area contributed by atoms with E-state index in [4.69, 9.17) is 4.74 Å². The molecule has 2 aromatic rings. The Labute approximate surface area is 111 Å². The van der Waals surface area contributed by atoms with Crippen LogP contribution in [-0.4, -0.2) is 26.6 Å². The normalized spacial score (nSPS) is 10.2. The molecule has 2 aromatic heterocycles. The van der Waals surface area contributed by atoms with E-state index in [2.05, 4.69) is 4.98 Å². The van der Waals surface area contributed by atoms with Crippen LogP contribution in [0.1, 0.15) is 5.69 Å². The van der Waals surface area contributed by atoms with Gasteiger partial charge < -0.3 is 4.74 Å². The third-order valence-corrected chi connectivity index (χ3v) is 2.51. The summed E-state index contributed by atoms with van der Waals surface area (Å²) in [6, 6.07) is 4.93. The summed E-state index contributed by atoms with van der Waals surface area (Å²) >= 11 is 0. The van der Waals surface area contributed by atoms with Crippen molar-refractivity contribution in [3.63, 3.8) is 0 Å². The summed E-state index contributed by atoms with van der Waals surface area (Å²) in [5.74, 6) is 0.356. The van der Waals surface area contributed by atoms with Gasteiger partial charge >= 0.3 is 16.9 Å². The molecule has 0 aliphatic heterocycles. The van der Waals surface area contributed by atoms with Crippen molar-refractivity contribution in [1.82, 2.24) is 14.5 Å². The molecule has 104 valence electrons. The number of aromatic amines is 1. The van der Waals surface area contributed by atoms with E-state index in [0.717, 1.165) is 10.8 Å². The first-order chi connectivity index (χ1) is 9.51. The summed E-state index contributed by atoms with van der Waals surface area (Å²) in [6.07, 6.45) is 0.891. The molecule has 0 aliphatic rings. The molecule has 0 radical (unpaired) electrons. The molecule has 0 atom stereocenters. The smallest absolute Gasteiger partial charge is 0.350 e. The summed E-state index contributed by atoms with van der Waals surface area (Å²) in [6.45, 7) is -0.0202. The van der Waals surface area contributed by atoms with Crippen molar-refractivity contribution in [2.45, 2.75) is 6.54 Å². The van der Waals surface area contributed by atoms with Crippen LogP contribution in [-0.2, 0) is 6.54 Å². The standard InChI is InChI=1S/C11H10N4O5/c1-20-9-4-2-3-7(12-9)5-14-6-8(15(18)19)10(16)13-11(14)17/h2-4,6H,5H2,1H3,(H,13,16,17). The molecule has 0 bridgehead atoms. The van der Waals surface area contributed by atoms with E-state index in [1.54, 1.807) is 18.2 Å². The Morgan fingerprint density at radius 1 is 1.45 bits per heavy atom. The van der Waals surface area contributed by atoms with Crippen LogP contribution in [0, 0.1) is 10.1 Å². The topological polar surface area (TPSA) is 120 Å². The zero-order valence-corrected chi connectivity index (χ0v) is 10.4. The van der Waals surface area contributed by atoms with Crippen LogP contribution in [0.3, 0.4) is 0 Å². The number of rotatable bonds is 4. The highest BCUT2D eigenvalue weighted by Crippen LogP contribution is 2.08. The molecule has 2 rings (SSSR count). The van der Waals surface area contributed by atoms with E-state index in [0.29, 0.717) is 11.6 Å². The van der Waals surface area contributed by atoms with Crippen LogP contribution in [0.5, 0.6) is 5.88 Å². The number of ether oxygens (including phenoxy) is 1. The summed E-state index contributed by atoms with van der Waals surface area (Å²) in [5.41, 5.74) is -2.01. The highest BCUT2D eigenvalue weighted by molar-refractivity contribution is 5.22. The van der Waals surface area contributed by atoms with Crippen LogP contribution in [0.4, 0.5) is 5.69 Å². The fourth-order valence-corrected chi connectivity index (χ4v) is 1.58. The Hall–Kier alpha value is -2.97. The second-order valence-electron chi connectivity index (χ2n) is 3.83. The van der Waals surface area contributed by atoms with E-state index >= 15 is 0 Å². The number of nitrogens with zero attached hydrogens (tertiary/aromatic N) is 3. The number of H-pyrrole nitrogens is 1. The third-order valence-electron chi connectivity index (χ3n) is 2.51. The fourth-order valence-electron chi connectivity index (χ4n) is 1.58. The van der Waals surface area contributed by atoms with Crippen LogP contribution < -0.4 is 16.0 Å². The maximum absolute atomic E-state index is 11.6. The highest BCUT2D eigenvalue weighted by atomic mass is 16.6. The molecule has 0 fully saturated rings. The predicted molar refractivity (Wildman–Crippen MR) is 67.9 cm³/mol. The second-order valence-corrected chi connectivity index (χ2v) is 3.83. The first-order valence-electron chi connectivity index (χ1n) is 5.49. The van der Waals surface area contributed by atoms with Crippen molar-refractivity contribution >= 4 is 5.69 Å². The van der Waals surface area contributed by atoms with Crippen LogP contribution in [0.2, 0.25) is 0 Å². The molecular weight excluding hydrogens is 268 g/mol. The van der Waals surface area contributed by atoms with Gasteiger partial charge in [-0.25, -0.2) is 9.78 Å². The first kappa shape index (κ1) is 13.5. The zero-order chi connectivity index (χ0) is 14.7. The lowest BCUT2D eigenvalue weighted by atomic mass is 10.3. The maximum atomic E-state index is 11.6. The number of pyridine rings is 1. The van der Waals surface area contributed by atoms with Gasteiger partial charge in [-0.2, -0.15) is 0 Å². The van der Waals surface area contributed by atoms with E-state index in [9.17, 15) is 19.7 Å². The minimum atomic E-state index is -1.03. The zero-order valence-electron chi connectivity index (χ0n) is 10.4. The first-order valence-corrected chi connectivity index (χ1v) is 5.49. The summed E-state index contributed by atoms with van der Waals surface area (Å²) in [5, 5.41) is 10.7. The highest BCUT2D eigenvalue weighted by Gasteiger charge is 2.15. The number of hydrogen-bond donors (Lipinski definition) is 1. The van der Waals surface area contributed by atoms with Crippen molar-refractivity contribution in [3.8, 4) is 5.88 Å². The Kier molecular flexibility index (Phi) is 3.60. The Bertz CT molecular complexity index is 764. The van der Waals surface area contributed by atoms with Gasteiger partial charge in [-0.1, -0.05) is 6.07 Å². The molecule has 20 heavy (non-hydrogen) atoms. The van der Waals surface area contributed by atoms with Crippen molar-refractivity contribution in [2.24, 2.45) is 0 Å². The minimum absolute atomic E-state index is 0.0202. The predicted octanol–water partition coefficient (Wildman–Crippen LogP) is -0.103. The fraction of sp³-hybridized carbons (Fsp3) is 0.182. The number of nitro groups is 1. The molecule has 9 nitrogen and oxygen atoms in total. The second kappa shape index (κ2) is 5.34. The number of aromatic nitrogens is 3. The summed E-state index contributed by atoms with van der Waals surface area (Å²) in [7, 11) is 1.45. The lowest BCUT2D eigenvalue weighted by Gasteiger charge is -2.05. The van der Waals surface area contributed by atoms with Crippen molar-refractivity contribution in [3.05, 3.63) is 61.0 Å². The maximum Gasteiger partial charge on any atom is 0.350 e. The molecule has 0 aromatic carbocycles. The van der Waals surface area contributed by atoms with Gasteiger partial charge in [0.15, 0.2) is 0 Å². The Morgan fingerprint density at radius 2 is 2.20 bits per heavy atom. The molecule has 2 heterocycles. The number of hydrogen-bond acceptors (Lipinski definition) is 6. The van der Waals surface area contributed by atoms with Gasteiger partial charge in [-0.05, 0) is 6.07 Å². The van der Waals surface area contributed by atoms with Crippen LogP contribution in [0.15, 0.2) is 34.0 Å². The lowest BCUT2D eigenvalue weighted by molar-refractivity contribution is -0.386. The van der Waals surface area contributed by atoms with Gasteiger partial charge in [0.2, 0.25) is 5.88 Å². The van der Waals surface area contributed by atoms with Gasteiger partial charge in [0.25, 0.3) is 0 Å². The molecule has 0 amide bonds. The minimum Gasteiger partial charge on any atom is -0.481 e. The third kappa shape index (κ3) is 2.71. The van der Waals surface area contributed by atoms with Gasteiger partial charge in [-0.15, -0.1) is 0 Å². The molecule has 0 aliphatic carbocycles. The molecule has 0 unspecified atom stereocenters. The molecular formula is C11H10N4O5. The van der Waals surface area contributed by atoms with Crippen LogP contribution in [0.25, 0.3) is 0 Å². The van der Waals surface area contributed by atoms with Crippen molar-refractivity contribution in [1.29, 1.82) is 0 Å². The van der Waals surface area contributed by atoms with Crippen molar-refractivity contribution < 1.29 is 9.66 Å². The molecule has 0 spiro atoms. The molecule has 9 heteroatoms. The summed E-state index contributed by atoms with van der Waals surface area (Å²) < 4.78 is 5.94. The van der Waals surface area contributed by atoms with E-state index in [-0.39, 0.29) is 6.54 Å². The van der Waals surface area contributed by atoms with E-state index in [1.165, 1.54) is 7.11 Å². The van der Waals surface area contributed by atoms with E-state index < -0.39 is 21.9 Å². The number of nitrogens with one attached hydrogen (secondary N) is 1. The SMILES string of the molecule is COc1cccc(Cn2cc([N+](=O)[O-])c(=O)[nH]c2=O)n1. The largest absolute Gasteiger partial charge is 0.481 e. The lowest BCUT2D eigenvalue weighted by Crippen LogP contribution is -2.31. The van der Waals surface area contributed by atoms with Gasteiger partial charge in [0, 0.05) is 6.07 Å². The number of methoxy groups -OCH3 is 1. The quantitative estimate of drug-likeness (QED) is 0.615. The Morgan fingerprint density at radius 3 is 2.85 bits per heavy atom. The Balaban J connectivity index is 2.43. The van der Waals surface area contributed by atoms with E-state index in [1.807, 2.05) is 4.98 Å². The van der Waals surface area contributed by atoms with Gasteiger partial charge in [0.1, 0.15) is 0 Å². The summed E-state index contributed by atoms with van der Waals surface area (Å²) in [4.78, 5) is 38.6. The molecule has 0 saturated heterocycles. The van der Waals surface area contributed by atoms with Gasteiger partial charge in [-0.3, -0.25) is 24.5 Å². The monoisotopic (exact) mass is 278 g/mol. The van der Waals surface area contributed by atoms with Crippen LogP contribution >= 0.6 is 0 Å². The average Bonchev–Trinajstić information content (AvgIpc) is 2.41. The van der Waals surface area contributed by atoms with Gasteiger partial charge in [0.05, 0.1) is 30.5 Å². The molecule has 0 saturated carbocycles.